The molecule has 0 aromatic heterocycles. The van der Waals surface area contributed by atoms with Crippen molar-refractivity contribution in [2.24, 2.45) is 11.7 Å². The molecule has 0 radical (unpaired) electrons. The third-order valence-electron chi connectivity index (χ3n) is 1.91. The summed E-state index contributed by atoms with van der Waals surface area (Å²) in [6.45, 7) is 0.985. The number of carbonyl (C=O) groups is 1. The molecule has 1 fully saturated rings. The number of nitrogens with two attached hydrogens (primary N) is 1. The minimum absolute atomic E-state index is 0.0760. The molecule has 12 heavy (non-hydrogen) atoms. The Kier molecular flexibility index (Phi) is 3.31. The fourth-order valence-electron chi connectivity index (χ4n) is 1.29. The van der Waals surface area contributed by atoms with Crippen LogP contribution in [0.15, 0.2) is 0 Å². The Bertz CT molecular complexity index is 161. The smallest absolute Gasteiger partial charge is 0.404 e. The molecule has 5 nitrogen and oxygen atoms in total. The Labute approximate surface area is 70.4 Å². The molecule has 0 bridgehead atoms. The van der Waals surface area contributed by atoms with Gasteiger partial charge < -0.3 is 20.3 Å². The van der Waals surface area contributed by atoms with Crippen LogP contribution in [0.1, 0.15) is 6.42 Å². The predicted octanol–water partition coefficient (Wildman–Crippen LogP) is -0.521. The Morgan fingerprint density at radius 3 is 3.00 bits per heavy atom. The number of primary amides is 1. The van der Waals surface area contributed by atoms with Crippen LogP contribution >= 0.6 is 0 Å². The standard InChI is InChI=1S/C7H13NO4/c8-7(10)12-6-4-11-3-5(6)1-2-9/h5-6,9H,1-4H2,(H2,8,10)/t5-,6+/m1/s1. The van der Waals surface area contributed by atoms with E-state index < -0.39 is 6.09 Å². The molecule has 0 aromatic rings. The van der Waals surface area contributed by atoms with Crippen LogP contribution in [0, 0.1) is 5.92 Å². The SMILES string of the molecule is NC(=O)O[C@H]1COC[C@H]1CCO. The van der Waals surface area contributed by atoms with Gasteiger partial charge in [-0.2, -0.15) is 0 Å². The largest absolute Gasteiger partial charge is 0.444 e. The monoisotopic (exact) mass is 175 g/mol. The lowest BCUT2D eigenvalue weighted by Crippen LogP contribution is -2.29. The minimum Gasteiger partial charge on any atom is -0.444 e. The van der Waals surface area contributed by atoms with Gasteiger partial charge in [-0.15, -0.1) is 0 Å². The first-order chi connectivity index (χ1) is 5.74. The molecular formula is C7H13NO4. The summed E-state index contributed by atoms with van der Waals surface area (Å²) in [7, 11) is 0. The molecule has 0 aromatic carbocycles. The number of hydrogen-bond donors (Lipinski definition) is 2. The van der Waals surface area contributed by atoms with Gasteiger partial charge in [-0.05, 0) is 6.42 Å². The first kappa shape index (κ1) is 9.28. The first-order valence-electron chi connectivity index (χ1n) is 3.88. The lowest BCUT2D eigenvalue weighted by atomic mass is 10.0. The molecular weight excluding hydrogens is 162 g/mol. The van der Waals surface area contributed by atoms with Crippen LogP contribution in [-0.2, 0) is 9.47 Å². The summed E-state index contributed by atoms with van der Waals surface area (Å²) in [5, 5.41) is 8.65. The molecule has 1 aliphatic heterocycles. The molecule has 1 rings (SSSR count). The van der Waals surface area contributed by atoms with E-state index in [0.717, 1.165) is 0 Å². The quantitative estimate of drug-likeness (QED) is 0.604. The van der Waals surface area contributed by atoms with Gasteiger partial charge in [0.15, 0.2) is 0 Å². The third-order valence-corrected chi connectivity index (χ3v) is 1.91. The number of rotatable bonds is 3. The molecule has 0 aliphatic carbocycles. The van der Waals surface area contributed by atoms with Gasteiger partial charge in [0.2, 0.25) is 0 Å². The molecule has 70 valence electrons. The number of carbonyl (C=O) groups excluding carboxylic acids is 1. The van der Waals surface area contributed by atoms with Crippen molar-refractivity contribution in [1.29, 1.82) is 0 Å². The van der Waals surface area contributed by atoms with Gasteiger partial charge in [0.25, 0.3) is 0 Å². The highest BCUT2D eigenvalue weighted by Gasteiger charge is 2.30. The van der Waals surface area contributed by atoms with Crippen LogP contribution in [0.2, 0.25) is 0 Å². The van der Waals surface area contributed by atoms with E-state index in [1.54, 1.807) is 0 Å². The fourth-order valence-corrected chi connectivity index (χ4v) is 1.29. The normalized spacial score (nSPS) is 28.8. The lowest BCUT2D eigenvalue weighted by molar-refractivity contribution is 0.0740. The molecule has 2 atom stereocenters. The molecule has 1 amide bonds. The summed E-state index contributed by atoms with van der Waals surface area (Å²) in [5.74, 6) is 0.0856. The second kappa shape index (κ2) is 4.27. The highest BCUT2D eigenvalue weighted by atomic mass is 16.6. The van der Waals surface area contributed by atoms with E-state index in [4.69, 9.17) is 20.3 Å². The lowest BCUT2D eigenvalue weighted by Gasteiger charge is -2.15. The summed E-state index contributed by atoms with van der Waals surface area (Å²) in [6.07, 6.45) is -0.485. The maximum Gasteiger partial charge on any atom is 0.404 e. The number of ether oxygens (including phenoxy) is 2. The van der Waals surface area contributed by atoms with Crippen LogP contribution in [0.4, 0.5) is 4.79 Å². The van der Waals surface area contributed by atoms with E-state index >= 15 is 0 Å². The summed E-state index contributed by atoms with van der Waals surface area (Å²) in [6, 6.07) is 0. The Morgan fingerprint density at radius 2 is 2.42 bits per heavy atom. The first-order valence-corrected chi connectivity index (χ1v) is 3.88. The van der Waals surface area contributed by atoms with Crippen molar-refractivity contribution in [3.63, 3.8) is 0 Å². The topological polar surface area (TPSA) is 81.8 Å². The van der Waals surface area contributed by atoms with Crippen LogP contribution in [0.25, 0.3) is 0 Å². The van der Waals surface area contributed by atoms with Crippen molar-refractivity contribution in [3.8, 4) is 0 Å². The van der Waals surface area contributed by atoms with Crippen molar-refractivity contribution in [2.75, 3.05) is 19.8 Å². The van der Waals surface area contributed by atoms with Crippen molar-refractivity contribution in [1.82, 2.24) is 0 Å². The second-order valence-corrected chi connectivity index (χ2v) is 2.79. The van der Waals surface area contributed by atoms with E-state index in [-0.39, 0.29) is 18.6 Å². The number of aliphatic hydroxyl groups is 1. The Hall–Kier alpha value is -0.810. The highest BCUT2D eigenvalue weighted by molar-refractivity contribution is 5.64. The van der Waals surface area contributed by atoms with E-state index in [1.165, 1.54) is 0 Å². The van der Waals surface area contributed by atoms with Gasteiger partial charge in [-0.3, -0.25) is 0 Å². The van der Waals surface area contributed by atoms with Crippen molar-refractivity contribution in [2.45, 2.75) is 12.5 Å². The van der Waals surface area contributed by atoms with Crippen molar-refractivity contribution < 1.29 is 19.4 Å². The van der Waals surface area contributed by atoms with E-state index in [1.807, 2.05) is 0 Å². The fraction of sp³-hybridized carbons (Fsp3) is 0.857. The molecule has 0 spiro atoms. The zero-order valence-corrected chi connectivity index (χ0v) is 6.73. The van der Waals surface area contributed by atoms with Gasteiger partial charge in [0.05, 0.1) is 13.2 Å². The Balaban J connectivity index is 2.35. The average Bonchev–Trinajstić information content (AvgIpc) is 2.37. The maximum absolute atomic E-state index is 10.4. The molecule has 1 heterocycles. The summed E-state index contributed by atoms with van der Waals surface area (Å²) in [4.78, 5) is 10.4. The maximum atomic E-state index is 10.4. The third kappa shape index (κ3) is 2.35. The molecule has 0 unspecified atom stereocenters. The second-order valence-electron chi connectivity index (χ2n) is 2.79. The zero-order chi connectivity index (χ0) is 8.97. The molecule has 3 N–H and O–H groups in total. The van der Waals surface area contributed by atoms with Gasteiger partial charge in [0.1, 0.15) is 6.10 Å². The summed E-state index contributed by atoms with van der Waals surface area (Å²) >= 11 is 0. The average molecular weight is 175 g/mol. The van der Waals surface area contributed by atoms with Crippen LogP contribution in [-0.4, -0.2) is 37.1 Å². The van der Waals surface area contributed by atoms with E-state index in [9.17, 15) is 4.79 Å². The number of amides is 1. The number of aliphatic hydroxyl groups excluding tert-OH is 1. The molecule has 0 saturated carbocycles. The minimum atomic E-state index is -0.784. The van der Waals surface area contributed by atoms with Gasteiger partial charge >= 0.3 is 6.09 Å². The van der Waals surface area contributed by atoms with Crippen molar-refractivity contribution >= 4 is 6.09 Å². The zero-order valence-electron chi connectivity index (χ0n) is 6.73. The van der Waals surface area contributed by atoms with Crippen LogP contribution < -0.4 is 5.73 Å². The predicted molar refractivity (Wildman–Crippen MR) is 40.5 cm³/mol. The Morgan fingerprint density at radius 1 is 1.67 bits per heavy atom. The van der Waals surface area contributed by atoms with Crippen LogP contribution in [0.3, 0.4) is 0 Å². The van der Waals surface area contributed by atoms with Gasteiger partial charge in [-0.25, -0.2) is 4.79 Å². The van der Waals surface area contributed by atoms with E-state index in [0.29, 0.717) is 19.6 Å². The highest BCUT2D eigenvalue weighted by Crippen LogP contribution is 2.19. The van der Waals surface area contributed by atoms with Crippen molar-refractivity contribution in [3.05, 3.63) is 0 Å². The molecule has 5 heteroatoms. The molecule has 1 saturated heterocycles. The van der Waals surface area contributed by atoms with Gasteiger partial charge in [0, 0.05) is 12.5 Å². The summed E-state index contributed by atoms with van der Waals surface area (Å²) < 4.78 is 9.86. The van der Waals surface area contributed by atoms with Crippen LogP contribution in [0.5, 0.6) is 0 Å². The molecule has 1 aliphatic rings. The van der Waals surface area contributed by atoms with Gasteiger partial charge in [-0.1, -0.05) is 0 Å². The summed E-state index contributed by atoms with van der Waals surface area (Å²) in [5.41, 5.74) is 4.85. The number of hydrogen-bond acceptors (Lipinski definition) is 4. The van der Waals surface area contributed by atoms with E-state index in [2.05, 4.69) is 0 Å².